The SMILES string of the molecule is O=C(c1ccc(COc2c(F)c(F)cc(F)c2F)o1)N1CCN(Cc2cccc(F)c2F)CC1. The largest absolute Gasteiger partial charge is 0.479 e. The van der Waals surface area contributed by atoms with Crippen molar-refractivity contribution in [2.24, 2.45) is 0 Å². The second-order valence-corrected chi connectivity index (χ2v) is 7.63. The van der Waals surface area contributed by atoms with E-state index in [0.29, 0.717) is 26.2 Å². The number of rotatable bonds is 6. The number of furan rings is 1. The number of ether oxygens (including phenoxy) is 1. The molecule has 4 rings (SSSR count). The lowest BCUT2D eigenvalue weighted by atomic mass is 10.1. The quantitative estimate of drug-likeness (QED) is 0.378. The number of benzene rings is 2. The van der Waals surface area contributed by atoms with Gasteiger partial charge in [-0.05, 0) is 18.2 Å². The molecule has 3 aromatic rings. The Hall–Kier alpha value is -3.47. The lowest BCUT2D eigenvalue weighted by Gasteiger charge is -2.34. The van der Waals surface area contributed by atoms with Crippen LogP contribution in [0.15, 0.2) is 40.8 Å². The summed E-state index contributed by atoms with van der Waals surface area (Å²) in [6.45, 7) is 1.07. The molecule has 0 aliphatic carbocycles. The number of hydrogen-bond acceptors (Lipinski definition) is 4. The Labute approximate surface area is 190 Å². The highest BCUT2D eigenvalue weighted by Gasteiger charge is 2.26. The van der Waals surface area contributed by atoms with Crippen LogP contribution in [0.3, 0.4) is 0 Å². The highest BCUT2D eigenvalue weighted by Crippen LogP contribution is 2.27. The number of hydrogen-bond donors (Lipinski definition) is 0. The molecule has 0 unspecified atom stereocenters. The maximum atomic E-state index is 13.9. The maximum Gasteiger partial charge on any atom is 0.289 e. The Morgan fingerprint density at radius 1 is 0.853 bits per heavy atom. The first kappa shape index (κ1) is 23.7. The highest BCUT2D eigenvalue weighted by atomic mass is 19.2. The predicted octanol–water partition coefficient (Wildman–Crippen LogP) is 4.65. The van der Waals surface area contributed by atoms with Gasteiger partial charge in [-0.1, -0.05) is 12.1 Å². The van der Waals surface area contributed by atoms with E-state index < -0.39 is 53.2 Å². The van der Waals surface area contributed by atoms with Gasteiger partial charge in [0.25, 0.3) is 5.91 Å². The Balaban J connectivity index is 1.33. The van der Waals surface area contributed by atoms with Crippen LogP contribution in [0.5, 0.6) is 5.75 Å². The van der Waals surface area contributed by atoms with Crippen molar-refractivity contribution in [1.29, 1.82) is 0 Å². The van der Waals surface area contributed by atoms with Crippen LogP contribution < -0.4 is 4.74 Å². The first-order valence-electron chi connectivity index (χ1n) is 10.2. The minimum atomic E-state index is -1.68. The molecule has 0 radical (unpaired) electrons. The van der Waals surface area contributed by atoms with Gasteiger partial charge in [0.1, 0.15) is 12.4 Å². The van der Waals surface area contributed by atoms with Crippen LogP contribution >= 0.6 is 0 Å². The van der Waals surface area contributed by atoms with E-state index in [0.717, 1.165) is 6.07 Å². The molecule has 0 N–H and O–H groups in total. The van der Waals surface area contributed by atoms with Crippen LogP contribution in [0.25, 0.3) is 0 Å². The van der Waals surface area contributed by atoms with E-state index in [9.17, 15) is 31.1 Å². The number of carbonyl (C=O) groups is 1. The van der Waals surface area contributed by atoms with Crippen LogP contribution in [-0.4, -0.2) is 41.9 Å². The summed E-state index contributed by atoms with van der Waals surface area (Å²) in [5, 5.41) is 0. The molecule has 0 atom stereocenters. The molecule has 34 heavy (non-hydrogen) atoms. The Morgan fingerprint density at radius 3 is 2.21 bits per heavy atom. The number of amides is 1. The van der Waals surface area contributed by atoms with Gasteiger partial charge < -0.3 is 14.1 Å². The van der Waals surface area contributed by atoms with Gasteiger partial charge in [-0.25, -0.2) is 17.6 Å². The number of piperazine rings is 1. The highest BCUT2D eigenvalue weighted by molar-refractivity contribution is 5.91. The van der Waals surface area contributed by atoms with E-state index in [1.807, 2.05) is 4.90 Å². The summed E-state index contributed by atoms with van der Waals surface area (Å²) in [6, 6.07) is 6.71. The molecule has 0 spiro atoms. The van der Waals surface area contributed by atoms with Gasteiger partial charge in [0.2, 0.25) is 11.6 Å². The summed E-state index contributed by atoms with van der Waals surface area (Å²) >= 11 is 0. The molecule has 1 aliphatic heterocycles. The molecule has 1 fully saturated rings. The molecule has 180 valence electrons. The Bertz CT molecular complexity index is 1180. The monoisotopic (exact) mass is 484 g/mol. The van der Waals surface area contributed by atoms with E-state index in [2.05, 4.69) is 0 Å². The lowest BCUT2D eigenvalue weighted by molar-refractivity contribution is 0.0592. The minimum Gasteiger partial charge on any atom is -0.479 e. The Morgan fingerprint density at radius 2 is 1.53 bits per heavy atom. The topological polar surface area (TPSA) is 45.9 Å². The zero-order chi connectivity index (χ0) is 24.4. The fourth-order valence-electron chi connectivity index (χ4n) is 3.57. The van der Waals surface area contributed by atoms with Crippen LogP contribution in [0.4, 0.5) is 26.3 Å². The average molecular weight is 484 g/mol. The van der Waals surface area contributed by atoms with E-state index in [1.54, 1.807) is 0 Å². The molecular weight excluding hydrogens is 466 g/mol. The van der Waals surface area contributed by atoms with E-state index in [1.165, 1.54) is 29.2 Å². The molecule has 0 saturated carbocycles. The van der Waals surface area contributed by atoms with Gasteiger partial charge >= 0.3 is 0 Å². The average Bonchev–Trinajstić information content (AvgIpc) is 3.30. The minimum absolute atomic E-state index is 0.00651. The van der Waals surface area contributed by atoms with Crippen molar-refractivity contribution in [3.8, 4) is 5.75 Å². The zero-order valence-electron chi connectivity index (χ0n) is 17.6. The molecule has 1 aromatic heterocycles. The molecule has 1 saturated heterocycles. The van der Waals surface area contributed by atoms with Crippen LogP contribution in [0.1, 0.15) is 21.9 Å². The van der Waals surface area contributed by atoms with Crippen molar-refractivity contribution < 1.29 is 40.3 Å². The van der Waals surface area contributed by atoms with Crippen LogP contribution in [0, 0.1) is 34.9 Å². The van der Waals surface area contributed by atoms with E-state index >= 15 is 0 Å². The van der Waals surface area contributed by atoms with E-state index in [-0.39, 0.29) is 29.7 Å². The second-order valence-electron chi connectivity index (χ2n) is 7.63. The Kier molecular flexibility index (Phi) is 6.82. The van der Waals surface area contributed by atoms with Gasteiger partial charge in [0.15, 0.2) is 34.8 Å². The van der Waals surface area contributed by atoms with Gasteiger partial charge in [0.05, 0.1) is 0 Å². The molecule has 0 bridgehead atoms. The maximum absolute atomic E-state index is 13.9. The lowest BCUT2D eigenvalue weighted by Crippen LogP contribution is -2.48. The number of halogens is 6. The summed E-state index contributed by atoms with van der Waals surface area (Å²) in [4.78, 5) is 16.1. The molecular formula is C23H18F6N2O3. The van der Waals surface area contributed by atoms with Gasteiger partial charge in [-0.2, -0.15) is 8.78 Å². The van der Waals surface area contributed by atoms with Crippen molar-refractivity contribution in [3.63, 3.8) is 0 Å². The third-order valence-corrected chi connectivity index (χ3v) is 5.39. The standard InChI is InChI=1S/C23H18F6N2O3/c24-15-3-1-2-13(19(15)27)11-30-6-8-31(9-7-30)23(32)18-5-4-14(34-18)12-33-22-20(28)16(25)10-17(26)21(22)29/h1-5,10H,6-9,11-12H2. The number of carbonyl (C=O) groups excluding carboxylic acids is 1. The summed E-state index contributed by atoms with van der Waals surface area (Å²) in [5.74, 6) is -10.1. The normalized spacial score (nSPS) is 14.5. The van der Waals surface area contributed by atoms with Crippen LogP contribution in [-0.2, 0) is 13.2 Å². The van der Waals surface area contributed by atoms with E-state index in [4.69, 9.17) is 9.15 Å². The van der Waals surface area contributed by atoms with Crippen molar-refractivity contribution in [1.82, 2.24) is 9.80 Å². The van der Waals surface area contributed by atoms with Crippen molar-refractivity contribution in [2.75, 3.05) is 26.2 Å². The van der Waals surface area contributed by atoms with Crippen molar-refractivity contribution >= 4 is 5.91 Å². The molecule has 5 nitrogen and oxygen atoms in total. The van der Waals surface area contributed by atoms with Crippen molar-refractivity contribution in [2.45, 2.75) is 13.2 Å². The molecule has 1 aliphatic rings. The number of nitrogens with zero attached hydrogens (tertiary/aromatic N) is 2. The smallest absolute Gasteiger partial charge is 0.289 e. The zero-order valence-corrected chi connectivity index (χ0v) is 17.6. The predicted molar refractivity (Wildman–Crippen MR) is 107 cm³/mol. The molecule has 2 heterocycles. The van der Waals surface area contributed by atoms with Gasteiger partial charge in [-0.15, -0.1) is 0 Å². The van der Waals surface area contributed by atoms with Gasteiger partial charge in [0, 0.05) is 44.4 Å². The first-order chi connectivity index (χ1) is 16.2. The fourth-order valence-corrected chi connectivity index (χ4v) is 3.57. The molecule has 1 amide bonds. The summed E-state index contributed by atoms with van der Waals surface area (Å²) in [7, 11) is 0. The molecule has 2 aromatic carbocycles. The third kappa shape index (κ3) is 4.89. The summed E-state index contributed by atoms with van der Waals surface area (Å²) < 4.78 is 91.4. The van der Waals surface area contributed by atoms with Crippen molar-refractivity contribution in [3.05, 3.63) is 88.4 Å². The third-order valence-electron chi connectivity index (χ3n) is 5.39. The van der Waals surface area contributed by atoms with Gasteiger partial charge in [-0.3, -0.25) is 9.69 Å². The summed E-state index contributed by atoms with van der Waals surface area (Å²) in [6.07, 6.45) is 0. The first-order valence-corrected chi connectivity index (χ1v) is 10.2. The molecule has 11 heteroatoms. The van der Waals surface area contributed by atoms with Crippen LogP contribution in [0.2, 0.25) is 0 Å². The summed E-state index contributed by atoms with van der Waals surface area (Å²) in [5.41, 5.74) is 0.224. The fraction of sp³-hybridized carbons (Fsp3) is 0.261. The second kappa shape index (κ2) is 9.80.